The normalized spacial score (nSPS) is 15.2. The summed E-state index contributed by atoms with van der Waals surface area (Å²) in [4.78, 5) is 0. The second-order valence-electron chi connectivity index (χ2n) is 0.754. The van der Waals surface area contributed by atoms with Crippen molar-refractivity contribution in [2.75, 3.05) is 0 Å². The first-order valence-corrected chi connectivity index (χ1v) is 11.4. The molecule has 0 nitrogen and oxygen atoms in total. The molecular weight excluding hydrogens is 321 g/mol. The fourth-order valence-corrected chi connectivity index (χ4v) is 6.59. The minimum atomic E-state index is -0.127. The molecule has 0 aliphatic heterocycles. The molecule has 0 aromatic heterocycles. The van der Waals surface area contributed by atoms with Crippen LogP contribution in [0.15, 0.2) is 0 Å². The number of hydrogen-bond acceptors (Lipinski definition) is 0. The molecule has 0 heterocycles. The summed E-state index contributed by atoms with van der Waals surface area (Å²) in [6, 6.07) is 0. The van der Waals surface area contributed by atoms with Gasteiger partial charge in [-0.25, -0.2) is 0 Å². The van der Waals surface area contributed by atoms with E-state index in [2.05, 4.69) is 37.2 Å². The summed E-state index contributed by atoms with van der Waals surface area (Å²) in [5.41, 5.74) is 0. The quantitative estimate of drug-likeness (QED) is 0.500. The zero-order chi connectivity index (χ0) is 4.99. The molecule has 6 heavy (non-hydrogen) atoms. The predicted octanol–water partition coefficient (Wildman–Crippen LogP) is 1.14. The van der Waals surface area contributed by atoms with Gasteiger partial charge in [-0.15, -0.1) is 0 Å². The molecule has 0 bridgehead atoms. The predicted molar refractivity (Wildman–Crippen MR) is 43.3 cm³/mol. The minimum absolute atomic E-state index is 0.127. The molecule has 0 aromatic rings. The van der Waals surface area contributed by atoms with E-state index in [1.807, 2.05) is 0 Å². The summed E-state index contributed by atoms with van der Waals surface area (Å²) in [6.07, 6.45) is 0. The van der Waals surface area contributed by atoms with Gasteiger partial charge in [0.1, 0.15) is 0 Å². The van der Waals surface area contributed by atoms with E-state index in [0.29, 0.717) is 0 Å². The standard InChI is InChI=1S/C3H7ISe2/c1-5-6(2)3-4/h3H,1-2H3. The van der Waals surface area contributed by atoms with Gasteiger partial charge in [0.05, 0.1) is 0 Å². The summed E-state index contributed by atoms with van der Waals surface area (Å²) in [5, 5.41) is 0. The Hall–Kier alpha value is 1.64. The monoisotopic (exact) mass is 330 g/mol. The average Bonchev–Trinajstić information content (AvgIpc) is 1.65. The van der Waals surface area contributed by atoms with Crippen molar-refractivity contribution in [1.29, 1.82) is 0 Å². The molecule has 0 radical (unpaired) electrons. The molecule has 0 fully saturated rings. The van der Waals surface area contributed by atoms with E-state index >= 15 is 0 Å². The Morgan fingerprint density at radius 1 is 1.83 bits per heavy atom. The molecule has 0 amide bonds. The Balaban J connectivity index is 3.22. The van der Waals surface area contributed by atoms with Crippen molar-refractivity contribution in [3.63, 3.8) is 0 Å². The van der Waals surface area contributed by atoms with E-state index in [9.17, 15) is 0 Å². The average molecular weight is 328 g/mol. The molecule has 0 aromatic carbocycles. The first-order valence-electron chi connectivity index (χ1n) is 1.44. The van der Waals surface area contributed by atoms with E-state index in [1.54, 1.807) is 0 Å². The Labute approximate surface area is 61.4 Å². The molecule has 0 saturated heterocycles. The van der Waals surface area contributed by atoms with E-state index in [1.165, 1.54) is 0 Å². The van der Waals surface area contributed by atoms with E-state index in [-0.39, 0.29) is 11.6 Å². The molecule has 1 atom stereocenters. The first-order chi connectivity index (χ1) is 2.81. The van der Waals surface area contributed by atoms with E-state index in [0.717, 1.165) is 13.1 Å². The third-order valence-electron chi connectivity index (χ3n) is 0.388. The molecule has 3 heteroatoms. The van der Waals surface area contributed by atoms with Crippen molar-refractivity contribution < 1.29 is 0 Å². The van der Waals surface area contributed by atoms with Crippen LogP contribution in [0, 0.1) is 0 Å². The number of hydrogen-bond donors (Lipinski definition) is 0. The van der Waals surface area contributed by atoms with Crippen molar-refractivity contribution in [3.8, 4) is 0 Å². The van der Waals surface area contributed by atoms with Crippen LogP contribution in [-0.2, 0) is 0 Å². The molecule has 0 spiro atoms. The van der Waals surface area contributed by atoms with Crippen LogP contribution < -0.4 is 0 Å². The Morgan fingerprint density at radius 3 is 2.33 bits per heavy atom. The van der Waals surface area contributed by atoms with Gasteiger partial charge in [0, 0.05) is 0 Å². The molecule has 0 N–H and O–H groups in total. The van der Waals surface area contributed by atoms with Gasteiger partial charge in [-0.3, -0.25) is 0 Å². The molecular formula is C3H7ISe2. The zero-order valence-electron chi connectivity index (χ0n) is 3.77. The van der Waals surface area contributed by atoms with Gasteiger partial charge in [-0.1, -0.05) is 0 Å². The van der Waals surface area contributed by atoms with Crippen molar-refractivity contribution in [2.24, 2.45) is 0 Å². The summed E-state index contributed by atoms with van der Waals surface area (Å²) >= 11 is 3.18. The number of halogens is 1. The zero-order valence-corrected chi connectivity index (χ0v) is 9.36. The fourth-order valence-electron chi connectivity index (χ4n) is 0.0364. The molecule has 0 saturated carbocycles. The van der Waals surface area contributed by atoms with Crippen LogP contribution in [0.1, 0.15) is 0 Å². The third-order valence-corrected chi connectivity index (χ3v) is 16.8. The first kappa shape index (κ1) is 7.64. The van der Waals surface area contributed by atoms with Crippen LogP contribution in [0.4, 0.5) is 0 Å². The van der Waals surface area contributed by atoms with Crippen molar-refractivity contribution in [3.05, 3.63) is 0 Å². The number of rotatable bonds is 1. The Kier molecular flexibility index (Phi) is 6.10. The molecule has 0 rings (SSSR count). The summed E-state index contributed by atoms with van der Waals surface area (Å²) < 4.78 is 2.34. The topological polar surface area (TPSA) is 0 Å². The van der Waals surface area contributed by atoms with Crippen LogP contribution in [0.5, 0.6) is 0 Å². The van der Waals surface area contributed by atoms with Crippen LogP contribution in [0.2, 0.25) is 11.6 Å². The fraction of sp³-hybridized carbons (Fsp3) is 0.667. The molecule has 38 valence electrons. The summed E-state index contributed by atoms with van der Waals surface area (Å²) in [7, 11) is 0. The molecule has 1 unspecified atom stereocenters. The Morgan fingerprint density at radius 2 is 2.33 bits per heavy atom. The molecule has 0 aliphatic rings. The van der Waals surface area contributed by atoms with Crippen LogP contribution in [0.25, 0.3) is 0 Å². The van der Waals surface area contributed by atoms with Gasteiger partial charge in [0.25, 0.3) is 0 Å². The van der Waals surface area contributed by atoms with Gasteiger partial charge in [-0.05, 0) is 0 Å². The van der Waals surface area contributed by atoms with Crippen molar-refractivity contribution in [1.82, 2.24) is 0 Å². The van der Waals surface area contributed by atoms with Crippen LogP contribution in [-0.4, -0.2) is 27.7 Å². The van der Waals surface area contributed by atoms with Gasteiger partial charge in [-0.2, -0.15) is 0 Å². The van der Waals surface area contributed by atoms with Gasteiger partial charge in [0.2, 0.25) is 0 Å². The van der Waals surface area contributed by atoms with E-state index < -0.39 is 0 Å². The van der Waals surface area contributed by atoms with Gasteiger partial charge >= 0.3 is 61.9 Å². The Bertz CT molecular complexity index is 59.8. The van der Waals surface area contributed by atoms with Crippen LogP contribution in [0.3, 0.4) is 0 Å². The van der Waals surface area contributed by atoms with Crippen LogP contribution >= 0.6 is 22.6 Å². The van der Waals surface area contributed by atoms with Gasteiger partial charge in [0.15, 0.2) is 0 Å². The summed E-state index contributed by atoms with van der Waals surface area (Å²) in [5.74, 6) is 4.68. The van der Waals surface area contributed by atoms with E-state index in [4.69, 9.17) is 0 Å². The van der Waals surface area contributed by atoms with Crippen molar-refractivity contribution >= 4 is 50.3 Å². The summed E-state index contributed by atoms with van der Waals surface area (Å²) in [6.45, 7) is 0. The third kappa shape index (κ3) is 3.82. The van der Waals surface area contributed by atoms with Gasteiger partial charge < -0.3 is 0 Å². The second kappa shape index (κ2) is 4.79. The van der Waals surface area contributed by atoms with Crippen molar-refractivity contribution in [2.45, 2.75) is 11.6 Å². The maximum absolute atomic E-state index is 2.37. The molecule has 0 aliphatic carbocycles. The SMILES string of the molecule is C[Se]/[Se](C)=C/I. The maximum atomic E-state index is 2.37. The second-order valence-corrected chi connectivity index (χ2v) is 15.9.